The van der Waals surface area contributed by atoms with E-state index in [1.165, 1.54) is 0 Å². The predicted octanol–water partition coefficient (Wildman–Crippen LogP) is 0.588. The van der Waals surface area contributed by atoms with Gasteiger partial charge in [-0.15, -0.1) is 0 Å². The molecule has 2 unspecified atom stereocenters. The Bertz CT molecular complexity index is 252. The summed E-state index contributed by atoms with van der Waals surface area (Å²) in [6, 6.07) is 0. The highest BCUT2D eigenvalue weighted by atomic mass is 16.4. The summed E-state index contributed by atoms with van der Waals surface area (Å²) in [6.45, 7) is 5.74. The molecule has 0 spiro atoms. The number of carboxylic acid groups (broad SMARTS) is 1. The van der Waals surface area contributed by atoms with Crippen molar-refractivity contribution in [1.29, 1.82) is 0 Å². The molecule has 0 fully saturated rings. The van der Waals surface area contributed by atoms with Crippen LogP contribution in [0, 0.1) is 11.3 Å². The summed E-state index contributed by atoms with van der Waals surface area (Å²) in [6.07, 6.45) is 1.14. The third-order valence-electron chi connectivity index (χ3n) is 3.10. The summed E-state index contributed by atoms with van der Waals surface area (Å²) in [5, 5.41) is 11.7. The zero-order chi connectivity index (χ0) is 12.8. The van der Waals surface area contributed by atoms with Gasteiger partial charge in [-0.3, -0.25) is 9.59 Å². The van der Waals surface area contributed by atoms with Crippen molar-refractivity contribution < 1.29 is 14.7 Å². The largest absolute Gasteiger partial charge is 0.481 e. The number of carbonyl (C=O) groups excluding carboxylic acids is 1. The Morgan fingerprint density at radius 2 is 2.00 bits per heavy atom. The van der Waals surface area contributed by atoms with Gasteiger partial charge in [0.2, 0.25) is 5.91 Å². The van der Waals surface area contributed by atoms with E-state index >= 15 is 0 Å². The standard InChI is InChI=1S/C11H22N2O3/c1-4-8(6-12)9(14)13-7-11(3,5-2)10(15)16/h8H,4-7,12H2,1-3H3,(H,13,14)(H,15,16). The fourth-order valence-electron chi connectivity index (χ4n) is 1.24. The first-order chi connectivity index (χ1) is 7.41. The van der Waals surface area contributed by atoms with Gasteiger partial charge in [-0.25, -0.2) is 0 Å². The number of nitrogens with two attached hydrogens (primary N) is 1. The zero-order valence-electron chi connectivity index (χ0n) is 10.2. The number of carbonyl (C=O) groups is 2. The molecule has 0 bridgehead atoms. The molecule has 0 radical (unpaired) electrons. The van der Waals surface area contributed by atoms with Crippen LogP contribution < -0.4 is 11.1 Å². The molecule has 0 aliphatic carbocycles. The Morgan fingerprint density at radius 3 is 2.31 bits per heavy atom. The first-order valence-corrected chi connectivity index (χ1v) is 5.62. The predicted molar refractivity (Wildman–Crippen MR) is 61.9 cm³/mol. The second-order valence-corrected chi connectivity index (χ2v) is 4.28. The first-order valence-electron chi connectivity index (χ1n) is 5.62. The number of nitrogens with one attached hydrogen (secondary N) is 1. The van der Waals surface area contributed by atoms with E-state index in [1.54, 1.807) is 13.8 Å². The quantitative estimate of drug-likeness (QED) is 0.596. The molecule has 5 heteroatoms. The monoisotopic (exact) mass is 230 g/mol. The van der Waals surface area contributed by atoms with E-state index in [4.69, 9.17) is 10.8 Å². The van der Waals surface area contributed by atoms with Gasteiger partial charge in [-0.2, -0.15) is 0 Å². The molecule has 5 nitrogen and oxygen atoms in total. The number of hydrogen-bond acceptors (Lipinski definition) is 3. The summed E-state index contributed by atoms with van der Waals surface area (Å²) < 4.78 is 0. The highest BCUT2D eigenvalue weighted by Crippen LogP contribution is 2.20. The van der Waals surface area contributed by atoms with E-state index in [-0.39, 0.29) is 24.9 Å². The molecule has 0 aliphatic rings. The lowest BCUT2D eigenvalue weighted by Gasteiger charge is -2.24. The smallest absolute Gasteiger partial charge is 0.311 e. The van der Waals surface area contributed by atoms with Crippen LogP contribution in [0.5, 0.6) is 0 Å². The van der Waals surface area contributed by atoms with Gasteiger partial charge in [0.15, 0.2) is 0 Å². The maximum atomic E-state index is 11.6. The minimum absolute atomic E-state index is 0.147. The number of amides is 1. The molecule has 2 atom stereocenters. The average Bonchev–Trinajstić information content (AvgIpc) is 2.27. The molecule has 0 aromatic heterocycles. The van der Waals surface area contributed by atoms with Crippen molar-refractivity contribution in [3.05, 3.63) is 0 Å². The lowest BCUT2D eigenvalue weighted by atomic mass is 9.87. The average molecular weight is 230 g/mol. The van der Waals surface area contributed by atoms with Crippen LogP contribution in [0.2, 0.25) is 0 Å². The lowest BCUT2D eigenvalue weighted by molar-refractivity contribution is -0.148. The van der Waals surface area contributed by atoms with Crippen LogP contribution in [0.25, 0.3) is 0 Å². The second kappa shape index (κ2) is 6.48. The minimum atomic E-state index is -0.900. The summed E-state index contributed by atoms with van der Waals surface area (Å²) in [4.78, 5) is 22.6. The summed E-state index contributed by atoms with van der Waals surface area (Å²) >= 11 is 0. The van der Waals surface area contributed by atoms with Crippen molar-refractivity contribution >= 4 is 11.9 Å². The SMILES string of the molecule is CCC(CN)C(=O)NCC(C)(CC)C(=O)O. The Kier molecular flexibility index (Phi) is 6.03. The Balaban J connectivity index is 4.32. The van der Waals surface area contributed by atoms with Gasteiger partial charge in [-0.05, 0) is 19.8 Å². The molecule has 0 aliphatic heterocycles. The van der Waals surface area contributed by atoms with E-state index in [0.29, 0.717) is 12.8 Å². The van der Waals surface area contributed by atoms with Crippen LogP contribution in [-0.4, -0.2) is 30.1 Å². The minimum Gasteiger partial charge on any atom is -0.481 e. The van der Waals surface area contributed by atoms with Gasteiger partial charge in [0.25, 0.3) is 0 Å². The molecular formula is C11H22N2O3. The van der Waals surface area contributed by atoms with Gasteiger partial charge in [0.1, 0.15) is 0 Å². The molecule has 16 heavy (non-hydrogen) atoms. The molecule has 0 saturated carbocycles. The second-order valence-electron chi connectivity index (χ2n) is 4.28. The van der Waals surface area contributed by atoms with Gasteiger partial charge >= 0.3 is 5.97 Å². The van der Waals surface area contributed by atoms with Crippen molar-refractivity contribution in [3.8, 4) is 0 Å². The molecule has 1 amide bonds. The first kappa shape index (κ1) is 14.9. The summed E-state index contributed by atoms with van der Waals surface area (Å²) in [7, 11) is 0. The third-order valence-corrected chi connectivity index (χ3v) is 3.10. The maximum Gasteiger partial charge on any atom is 0.311 e. The lowest BCUT2D eigenvalue weighted by Crippen LogP contribution is -2.43. The zero-order valence-corrected chi connectivity index (χ0v) is 10.2. The van der Waals surface area contributed by atoms with E-state index < -0.39 is 11.4 Å². The highest BCUT2D eigenvalue weighted by molar-refractivity contribution is 5.80. The summed E-state index contributed by atoms with van der Waals surface area (Å²) in [5.41, 5.74) is 4.54. The molecule has 94 valence electrons. The van der Waals surface area contributed by atoms with Crippen LogP contribution in [0.15, 0.2) is 0 Å². The number of hydrogen-bond donors (Lipinski definition) is 3. The fraction of sp³-hybridized carbons (Fsp3) is 0.818. The van der Waals surface area contributed by atoms with Crippen LogP contribution in [0.3, 0.4) is 0 Å². The fourth-order valence-corrected chi connectivity index (χ4v) is 1.24. The molecule has 0 aromatic carbocycles. The number of aliphatic carboxylic acids is 1. The number of carboxylic acids is 1. The third kappa shape index (κ3) is 3.81. The molecule has 4 N–H and O–H groups in total. The van der Waals surface area contributed by atoms with Crippen molar-refractivity contribution in [1.82, 2.24) is 5.32 Å². The topological polar surface area (TPSA) is 92.4 Å². The van der Waals surface area contributed by atoms with Crippen LogP contribution in [0.4, 0.5) is 0 Å². The van der Waals surface area contributed by atoms with E-state index in [0.717, 1.165) is 0 Å². The summed E-state index contributed by atoms with van der Waals surface area (Å²) in [5.74, 6) is -1.28. The van der Waals surface area contributed by atoms with Crippen LogP contribution in [-0.2, 0) is 9.59 Å². The van der Waals surface area contributed by atoms with Gasteiger partial charge in [0, 0.05) is 19.0 Å². The molecular weight excluding hydrogens is 208 g/mol. The maximum absolute atomic E-state index is 11.6. The van der Waals surface area contributed by atoms with E-state index in [9.17, 15) is 9.59 Å². The van der Waals surface area contributed by atoms with Crippen molar-refractivity contribution in [2.75, 3.05) is 13.1 Å². The Morgan fingerprint density at radius 1 is 1.44 bits per heavy atom. The molecule has 0 heterocycles. The van der Waals surface area contributed by atoms with Gasteiger partial charge in [-0.1, -0.05) is 13.8 Å². The van der Waals surface area contributed by atoms with E-state index in [2.05, 4.69) is 5.32 Å². The Labute approximate surface area is 96.4 Å². The molecule has 0 rings (SSSR count). The highest BCUT2D eigenvalue weighted by Gasteiger charge is 2.32. The van der Waals surface area contributed by atoms with Crippen LogP contribution >= 0.6 is 0 Å². The van der Waals surface area contributed by atoms with Crippen molar-refractivity contribution in [2.45, 2.75) is 33.6 Å². The Hall–Kier alpha value is -1.10. The molecule has 0 saturated heterocycles. The van der Waals surface area contributed by atoms with Gasteiger partial charge < -0.3 is 16.2 Å². The normalized spacial score (nSPS) is 16.2. The van der Waals surface area contributed by atoms with E-state index in [1.807, 2.05) is 6.92 Å². The van der Waals surface area contributed by atoms with Crippen molar-refractivity contribution in [3.63, 3.8) is 0 Å². The number of rotatable bonds is 7. The molecule has 0 aromatic rings. The van der Waals surface area contributed by atoms with Crippen molar-refractivity contribution in [2.24, 2.45) is 17.1 Å². The van der Waals surface area contributed by atoms with Gasteiger partial charge in [0.05, 0.1) is 5.41 Å². The van der Waals surface area contributed by atoms with Crippen LogP contribution in [0.1, 0.15) is 33.6 Å².